The lowest BCUT2D eigenvalue weighted by atomic mass is 10.1. The number of benzene rings is 2. The van der Waals surface area contributed by atoms with Gasteiger partial charge in [-0.3, -0.25) is 4.90 Å². The van der Waals surface area contributed by atoms with Gasteiger partial charge in [0.05, 0.1) is 7.11 Å². The van der Waals surface area contributed by atoms with Crippen LogP contribution in [0.3, 0.4) is 0 Å². The van der Waals surface area contributed by atoms with Crippen LogP contribution in [0.5, 0.6) is 5.75 Å². The Labute approximate surface area is 174 Å². The predicted octanol–water partition coefficient (Wildman–Crippen LogP) is 4.89. The second kappa shape index (κ2) is 10.8. The van der Waals surface area contributed by atoms with Crippen molar-refractivity contribution in [2.24, 2.45) is 0 Å². The topological polar surface area (TPSA) is 26.6 Å². The van der Waals surface area contributed by atoms with E-state index in [1.54, 1.807) is 14.2 Å². The molecule has 4 heteroatoms. The lowest BCUT2D eigenvalue weighted by Crippen LogP contribution is -2.26. The van der Waals surface area contributed by atoms with Crippen molar-refractivity contribution >= 4 is 0 Å². The Hall–Kier alpha value is -2.56. The van der Waals surface area contributed by atoms with Crippen LogP contribution in [0.2, 0.25) is 0 Å². The highest BCUT2D eigenvalue weighted by molar-refractivity contribution is 5.27. The quantitative estimate of drug-likeness (QED) is 0.435. The summed E-state index contributed by atoms with van der Waals surface area (Å²) in [5, 5.41) is 0. The van der Waals surface area contributed by atoms with E-state index in [0.717, 1.165) is 45.0 Å². The van der Waals surface area contributed by atoms with Gasteiger partial charge in [0.2, 0.25) is 0 Å². The van der Waals surface area contributed by atoms with Gasteiger partial charge in [0, 0.05) is 51.8 Å². The minimum atomic E-state index is 0.781. The third-order valence-corrected chi connectivity index (χ3v) is 5.17. The van der Waals surface area contributed by atoms with E-state index in [2.05, 4.69) is 71.1 Å². The Kier molecular flexibility index (Phi) is 7.91. The summed E-state index contributed by atoms with van der Waals surface area (Å²) in [6.45, 7) is 6.62. The first-order valence-corrected chi connectivity index (χ1v) is 10.2. The van der Waals surface area contributed by atoms with Crippen molar-refractivity contribution < 1.29 is 9.47 Å². The van der Waals surface area contributed by atoms with Crippen LogP contribution in [0.15, 0.2) is 66.9 Å². The Balaban J connectivity index is 1.69. The van der Waals surface area contributed by atoms with Crippen molar-refractivity contribution in [2.45, 2.75) is 33.0 Å². The van der Waals surface area contributed by atoms with Crippen LogP contribution in [-0.4, -0.2) is 36.8 Å². The summed E-state index contributed by atoms with van der Waals surface area (Å²) in [5.74, 6) is 0.895. The van der Waals surface area contributed by atoms with E-state index in [1.165, 1.54) is 22.4 Å². The van der Waals surface area contributed by atoms with E-state index in [4.69, 9.17) is 9.47 Å². The molecule has 0 aliphatic rings. The van der Waals surface area contributed by atoms with Gasteiger partial charge in [-0.1, -0.05) is 42.0 Å². The second-order valence-electron chi connectivity index (χ2n) is 7.52. The van der Waals surface area contributed by atoms with Crippen molar-refractivity contribution in [3.05, 3.63) is 89.2 Å². The van der Waals surface area contributed by atoms with E-state index in [-0.39, 0.29) is 0 Å². The Morgan fingerprint density at radius 3 is 2.28 bits per heavy atom. The van der Waals surface area contributed by atoms with Crippen molar-refractivity contribution in [2.75, 3.05) is 27.4 Å². The Morgan fingerprint density at radius 2 is 1.59 bits per heavy atom. The normalized spacial score (nSPS) is 11.2. The zero-order valence-electron chi connectivity index (χ0n) is 17.8. The van der Waals surface area contributed by atoms with Crippen molar-refractivity contribution in [1.29, 1.82) is 0 Å². The fraction of sp³-hybridized carbons (Fsp3) is 0.360. The summed E-state index contributed by atoms with van der Waals surface area (Å²) in [6.07, 6.45) is 3.20. The van der Waals surface area contributed by atoms with Crippen LogP contribution >= 0.6 is 0 Å². The van der Waals surface area contributed by atoms with Crippen molar-refractivity contribution in [3.8, 4) is 5.75 Å². The lowest BCUT2D eigenvalue weighted by molar-refractivity contribution is 0.165. The summed E-state index contributed by atoms with van der Waals surface area (Å²) in [5.41, 5.74) is 5.25. The molecule has 29 heavy (non-hydrogen) atoms. The highest BCUT2D eigenvalue weighted by Gasteiger charge is 2.11. The van der Waals surface area contributed by atoms with Crippen LogP contribution in [-0.2, 0) is 24.4 Å². The van der Waals surface area contributed by atoms with E-state index >= 15 is 0 Å². The molecular formula is C25H32N2O2. The van der Waals surface area contributed by atoms with E-state index < -0.39 is 0 Å². The maximum Gasteiger partial charge on any atom is 0.118 e. The molecule has 0 saturated heterocycles. The molecule has 0 aliphatic heterocycles. The standard InChI is InChI=1S/C25H32N2O2/c1-21-7-9-23(10-8-21)19-27-16-4-6-24(27)20-26(15-5-17-28-2)18-22-11-13-25(29-3)14-12-22/h4,6-14,16H,5,15,17-20H2,1-3H3. The van der Waals surface area contributed by atoms with Gasteiger partial charge in [-0.2, -0.15) is 0 Å². The summed E-state index contributed by atoms with van der Waals surface area (Å²) < 4.78 is 12.9. The second-order valence-corrected chi connectivity index (χ2v) is 7.52. The first-order chi connectivity index (χ1) is 14.2. The number of ether oxygens (including phenoxy) is 2. The number of rotatable bonds is 11. The van der Waals surface area contributed by atoms with Gasteiger partial charge in [0.1, 0.15) is 5.75 Å². The van der Waals surface area contributed by atoms with Crippen LogP contribution in [0.4, 0.5) is 0 Å². The summed E-state index contributed by atoms with van der Waals surface area (Å²) in [7, 11) is 3.47. The number of hydrogen-bond donors (Lipinski definition) is 0. The molecule has 0 unspecified atom stereocenters. The van der Waals surface area contributed by atoms with E-state index in [1.807, 2.05) is 12.1 Å². The number of nitrogens with zero attached hydrogens (tertiary/aromatic N) is 2. The molecule has 154 valence electrons. The average Bonchev–Trinajstić information content (AvgIpc) is 3.17. The largest absolute Gasteiger partial charge is 0.497 e. The molecule has 3 aromatic rings. The molecule has 0 saturated carbocycles. The molecule has 4 nitrogen and oxygen atoms in total. The van der Waals surface area contributed by atoms with Gasteiger partial charge in [-0.15, -0.1) is 0 Å². The van der Waals surface area contributed by atoms with Gasteiger partial charge < -0.3 is 14.0 Å². The molecule has 0 atom stereocenters. The number of hydrogen-bond acceptors (Lipinski definition) is 3. The predicted molar refractivity (Wildman–Crippen MR) is 118 cm³/mol. The summed E-state index contributed by atoms with van der Waals surface area (Å²) in [4.78, 5) is 2.49. The molecule has 0 N–H and O–H groups in total. The molecule has 0 aliphatic carbocycles. The third-order valence-electron chi connectivity index (χ3n) is 5.17. The van der Waals surface area contributed by atoms with Gasteiger partial charge in [0.25, 0.3) is 0 Å². The number of methoxy groups -OCH3 is 2. The molecule has 1 aromatic heterocycles. The third kappa shape index (κ3) is 6.48. The van der Waals surface area contributed by atoms with Gasteiger partial charge in [0.15, 0.2) is 0 Å². The van der Waals surface area contributed by atoms with Crippen molar-refractivity contribution in [1.82, 2.24) is 9.47 Å². The monoisotopic (exact) mass is 392 g/mol. The molecule has 0 radical (unpaired) electrons. The maximum absolute atomic E-state index is 5.29. The van der Waals surface area contributed by atoms with E-state index in [9.17, 15) is 0 Å². The summed E-state index contributed by atoms with van der Waals surface area (Å²) >= 11 is 0. The van der Waals surface area contributed by atoms with E-state index in [0.29, 0.717) is 0 Å². The van der Waals surface area contributed by atoms with Gasteiger partial charge in [-0.25, -0.2) is 0 Å². The average molecular weight is 393 g/mol. The highest BCUT2D eigenvalue weighted by atomic mass is 16.5. The van der Waals surface area contributed by atoms with Gasteiger partial charge in [-0.05, 0) is 48.7 Å². The zero-order chi connectivity index (χ0) is 20.5. The molecule has 0 amide bonds. The molecular weight excluding hydrogens is 360 g/mol. The molecule has 0 fully saturated rings. The fourth-order valence-corrected chi connectivity index (χ4v) is 3.50. The van der Waals surface area contributed by atoms with Crippen LogP contribution in [0.25, 0.3) is 0 Å². The Morgan fingerprint density at radius 1 is 0.862 bits per heavy atom. The lowest BCUT2D eigenvalue weighted by Gasteiger charge is -2.23. The van der Waals surface area contributed by atoms with Crippen molar-refractivity contribution in [3.63, 3.8) is 0 Å². The minimum Gasteiger partial charge on any atom is -0.497 e. The smallest absolute Gasteiger partial charge is 0.118 e. The SMILES string of the molecule is COCCCN(Cc1ccc(OC)cc1)Cc1cccn1Cc1ccc(C)cc1. The van der Waals surface area contributed by atoms with Gasteiger partial charge >= 0.3 is 0 Å². The van der Waals surface area contributed by atoms with Crippen LogP contribution in [0.1, 0.15) is 28.8 Å². The van der Waals surface area contributed by atoms with Crippen LogP contribution in [0, 0.1) is 6.92 Å². The number of aromatic nitrogens is 1. The molecule has 3 rings (SSSR count). The molecule has 1 heterocycles. The fourth-order valence-electron chi connectivity index (χ4n) is 3.50. The first kappa shape index (κ1) is 21.2. The number of aryl methyl sites for hydroxylation is 1. The molecule has 2 aromatic carbocycles. The van der Waals surface area contributed by atoms with Crippen LogP contribution < -0.4 is 4.74 Å². The Bertz CT molecular complexity index is 853. The maximum atomic E-state index is 5.29. The summed E-state index contributed by atoms with van der Waals surface area (Å²) in [6, 6.07) is 21.5. The molecule has 0 bridgehead atoms. The zero-order valence-corrected chi connectivity index (χ0v) is 17.8. The first-order valence-electron chi connectivity index (χ1n) is 10.2. The molecule has 0 spiro atoms. The highest BCUT2D eigenvalue weighted by Crippen LogP contribution is 2.16. The minimum absolute atomic E-state index is 0.781.